The number of likely N-dealkylation sites (N-methyl/N-ethyl adjacent to an activating group) is 1. The van der Waals surface area contributed by atoms with Crippen LogP contribution in [0.15, 0.2) is 18.2 Å². The minimum Gasteiger partial charge on any atom is -0.344 e. The van der Waals surface area contributed by atoms with Gasteiger partial charge in [0, 0.05) is 37.1 Å². The van der Waals surface area contributed by atoms with Crippen molar-refractivity contribution in [3.05, 3.63) is 34.6 Å². The van der Waals surface area contributed by atoms with Crippen molar-refractivity contribution < 1.29 is 9.18 Å². The van der Waals surface area contributed by atoms with E-state index in [0.29, 0.717) is 18.0 Å². The van der Waals surface area contributed by atoms with Crippen LogP contribution in [0.5, 0.6) is 0 Å². The molecule has 19 heavy (non-hydrogen) atoms. The average Bonchev–Trinajstić information content (AvgIpc) is 2.33. The summed E-state index contributed by atoms with van der Waals surface area (Å²) < 4.78 is 13.0. The lowest BCUT2D eigenvalue weighted by molar-refractivity contribution is -0.132. The summed E-state index contributed by atoms with van der Waals surface area (Å²) in [5.41, 5.74) is 0.877. The lowest BCUT2D eigenvalue weighted by atomic mass is 10.0. The van der Waals surface area contributed by atoms with Crippen molar-refractivity contribution in [2.45, 2.75) is 31.8 Å². The molecule has 0 radical (unpaired) electrons. The van der Waals surface area contributed by atoms with Crippen LogP contribution in [0.2, 0.25) is 5.02 Å². The Balaban J connectivity index is 2.01. The summed E-state index contributed by atoms with van der Waals surface area (Å²) >= 11 is 6.05. The Morgan fingerprint density at radius 3 is 2.89 bits per heavy atom. The van der Waals surface area contributed by atoms with E-state index in [2.05, 4.69) is 5.32 Å². The second kappa shape index (κ2) is 5.88. The highest BCUT2D eigenvalue weighted by molar-refractivity contribution is 6.31. The van der Waals surface area contributed by atoms with E-state index in [1.54, 1.807) is 11.0 Å². The fourth-order valence-corrected chi connectivity index (χ4v) is 2.78. The third kappa shape index (κ3) is 3.45. The SMILES string of the molecule is CC(NC1CCC(=O)N(C)C1)c1ccc(F)cc1Cl. The molecule has 2 rings (SSSR count). The third-order valence-corrected chi connectivity index (χ3v) is 3.87. The zero-order chi connectivity index (χ0) is 14.0. The number of halogens is 2. The van der Waals surface area contributed by atoms with Gasteiger partial charge >= 0.3 is 0 Å². The summed E-state index contributed by atoms with van der Waals surface area (Å²) in [5.74, 6) is -0.144. The van der Waals surface area contributed by atoms with Gasteiger partial charge in [0.25, 0.3) is 0 Å². The second-order valence-electron chi connectivity index (χ2n) is 5.06. The fourth-order valence-electron chi connectivity index (χ4n) is 2.44. The highest BCUT2D eigenvalue weighted by Crippen LogP contribution is 2.25. The van der Waals surface area contributed by atoms with E-state index < -0.39 is 0 Å². The number of likely N-dealkylation sites (tertiary alicyclic amines) is 1. The number of rotatable bonds is 3. The maximum absolute atomic E-state index is 13.0. The molecule has 0 spiro atoms. The van der Waals surface area contributed by atoms with Gasteiger partial charge in [-0.05, 0) is 31.0 Å². The largest absolute Gasteiger partial charge is 0.344 e. The molecule has 1 aliphatic rings. The number of piperidine rings is 1. The molecule has 1 aromatic carbocycles. The Kier molecular flexibility index (Phi) is 4.42. The van der Waals surface area contributed by atoms with Crippen LogP contribution in [-0.2, 0) is 4.79 Å². The Bertz CT molecular complexity index is 481. The molecular formula is C14H18ClFN2O. The quantitative estimate of drug-likeness (QED) is 0.926. The monoisotopic (exact) mass is 284 g/mol. The van der Waals surface area contributed by atoms with Crippen molar-refractivity contribution in [2.75, 3.05) is 13.6 Å². The molecule has 1 aromatic rings. The van der Waals surface area contributed by atoms with Crippen LogP contribution in [0.4, 0.5) is 4.39 Å². The van der Waals surface area contributed by atoms with Gasteiger partial charge in [-0.25, -0.2) is 4.39 Å². The van der Waals surface area contributed by atoms with Crippen LogP contribution in [0.25, 0.3) is 0 Å². The van der Waals surface area contributed by atoms with Crippen LogP contribution < -0.4 is 5.32 Å². The topological polar surface area (TPSA) is 32.3 Å². The Morgan fingerprint density at radius 2 is 2.26 bits per heavy atom. The first-order valence-corrected chi connectivity index (χ1v) is 6.80. The molecule has 1 heterocycles. The highest BCUT2D eigenvalue weighted by atomic mass is 35.5. The zero-order valence-corrected chi connectivity index (χ0v) is 11.9. The molecule has 2 unspecified atom stereocenters. The number of amides is 1. The minimum atomic E-state index is -0.330. The van der Waals surface area contributed by atoms with Crippen LogP contribution in [0, 0.1) is 5.82 Å². The maximum atomic E-state index is 13.0. The highest BCUT2D eigenvalue weighted by Gasteiger charge is 2.24. The maximum Gasteiger partial charge on any atom is 0.222 e. The molecule has 1 fully saturated rings. The van der Waals surface area contributed by atoms with E-state index >= 15 is 0 Å². The van der Waals surface area contributed by atoms with Gasteiger partial charge < -0.3 is 10.2 Å². The van der Waals surface area contributed by atoms with Gasteiger partial charge in [0.15, 0.2) is 0 Å². The molecule has 1 N–H and O–H groups in total. The molecule has 1 saturated heterocycles. The summed E-state index contributed by atoms with van der Waals surface area (Å²) in [4.78, 5) is 13.2. The third-order valence-electron chi connectivity index (χ3n) is 3.54. The van der Waals surface area contributed by atoms with Crippen molar-refractivity contribution in [2.24, 2.45) is 0 Å². The first-order chi connectivity index (χ1) is 8.97. The van der Waals surface area contributed by atoms with Gasteiger partial charge in [-0.15, -0.1) is 0 Å². The Morgan fingerprint density at radius 1 is 1.53 bits per heavy atom. The normalized spacial score (nSPS) is 21.6. The van der Waals surface area contributed by atoms with Crippen molar-refractivity contribution in [1.29, 1.82) is 0 Å². The molecule has 0 aliphatic carbocycles. The van der Waals surface area contributed by atoms with Crippen LogP contribution in [-0.4, -0.2) is 30.4 Å². The molecule has 0 saturated carbocycles. The van der Waals surface area contributed by atoms with Gasteiger partial charge in [0.05, 0.1) is 0 Å². The van der Waals surface area contributed by atoms with Gasteiger partial charge in [0.1, 0.15) is 5.82 Å². The molecule has 1 amide bonds. The summed E-state index contributed by atoms with van der Waals surface area (Å²) in [5, 5.41) is 3.88. The van der Waals surface area contributed by atoms with Crippen molar-refractivity contribution in [3.63, 3.8) is 0 Å². The average molecular weight is 285 g/mol. The van der Waals surface area contributed by atoms with Crippen LogP contribution >= 0.6 is 11.6 Å². The summed E-state index contributed by atoms with van der Waals surface area (Å²) in [6, 6.07) is 4.72. The standard InChI is InChI=1S/C14H18ClFN2O/c1-9(12-5-3-10(16)7-13(12)15)17-11-4-6-14(19)18(2)8-11/h3,5,7,9,11,17H,4,6,8H2,1-2H3. The van der Waals surface area contributed by atoms with E-state index in [1.165, 1.54) is 12.1 Å². The molecule has 0 aromatic heterocycles. The number of benzene rings is 1. The predicted molar refractivity (Wildman–Crippen MR) is 73.6 cm³/mol. The first kappa shape index (κ1) is 14.3. The summed E-state index contributed by atoms with van der Waals surface area (Å²) in [6.45, 7) is 2.69. The van der Waals surface area contributed by atoms with Gasteiger partial charge in [0.2, 0.25) is 5.91 Å². The van der Waals surface area contributed by atoms with E-state index in [0.717, 1.165) is 12.0 Å². The lowest BCUT2D eigenvalue weighted by Gasteiger charge is -2.32. The minimum absolute atomic E-state index is 0.0275. The number of hydrogen-bond donors (Lipinski definition) is 1. The molecule has 1 aliphatic heterocycles. The lowest BCUT2D eigenvalue weighted by Crippen LogP contribution is -2.47. The molecular weight excluding hydrogens is 267 g/mol. The summed E-state index contributed by atoms with van der Waals surface area (Å²) in [6.07, 6.45) is 1.39. The number of nitrogens with zero attached hydrogens (tertiary/aromatic N) is 1. The van der Waals surface area contributed by atoms with Crippen molar-refractivity contribution in [1.82, 2.24) is 10.2 Å². The van der Waals surface area contributed by atoms with Crippen molar-refractivity contribution in [3.8, 4) is 0 Å². The van der Waals surface area contributed by atoms with Gasteiger partial charge in [-0.3, -0.25) is 4.79 Å². The number of hydrogen-bond acceptors (Lipinski definition) is 2. The van der Waals surface area contributed by atoms with E-state index in [1.807, 2.05) is 14.0 Å². The van der Waals surface area contributed by atoms with Gasteiger partial charge in [-0.1, -0.05) is 17.7 Å². The Hall–Kier alpha value is -1.13. The van der Waals surface area contributed by atoms with Crippen LogP contribution in [0.1, 0.15) is 31.4 Å². The second-order valence-corrected chi connectivity index (χ2v) is 5.47. The summed E-state index contributed by atoms with van der Waals surface area (Å²) in [7, 11) is 1.81. The predicted octanol–water partition coefficient (Wildman–Crippen LogP) is 2.75. The Labute approximate surface area is 117 Å². The van der Waals surface area contributed by atoms with E-state index in [4.69, 9.17) is 11.6 Å². The van der Waals surface area contributed by atoms with Crippen LogP contribution in [0.3, 0.4) is 0 Å². The van der Waals surface area contributed by atoms with E-state index in [9.17, 15) is 9.18 Å². The molecule has 2 atom stereocenters. The molecule has 0 bridgehead atoms. The number of carbonyl (C=O) groups excluding carboxylic acids is 1. The molecule has 3 nitrogen and oxygen atoms in total. The smallest absolute Gasteiger partial charge is 0.222 e. The number of carbonyl (C=O) groups is 1. The van der Waals surface area contributed by atoms with Gasteiger partial charge in [-0.2, -0.15) is 0 Å². The fraction of sp³-hybridized carbons (Fsp3) is 0.500. The molecule has 5 heteroatoms. The molecule has 104 valence electrons. The van der Waals surface area contributed by atoms with E-state index in [-0.39, 0.29) is 23.8 Å². The number of nitrogens with one attached hydrogen (secondary N) is 1. The van der Waals surface area contributed by atoms with Crippen molar-refractivity contribution >= 4 is 17.5 Å². The zero-order valence-electron chi connectivity index (χ0n) is 11.1. The first-order valence-electron chi connectivity index (χ1n) is 6.42.